The van der Waals surface area contributed by atoms with Gasteiger partial charge in [-0.15, -0.1) is 6.42 Å². The van der Waals surface area contributed by atoms with Gasteiger partial charge in [0, 0.05) is 11.4 Å². The van der Waals surface area contributed by atoms with Gasteiger partial charge in [0.1, 0.15) is 6.61 Å². The summed E-state index contributed by atoms with van der Waals surface area (Å²) in [5.41, 5.74) is 4.98. The van der Waals surface area contributed by atoms with E-state index in [1.54, 1.807) is 18.2 Å². The van der Waals surface area contributed by atoms with Gasteiger partial charge in [0.25, 0.3) is 5.91 Å². The van der Waals surface area contributed by atoms with E-state index in [9.17, 15) is 4.79 Å². The minimum atomic E-state index is -0.247. The summed E-state index contributed by atoms with van der Waals surface area (Å²) in [5.74, 6) is 3.46. The van der Waals surface area contributed by atoms with Gasteiger partial charge in [-0.1, -0.05) is 17.7 Å². The van der Waals surface area contributed by atoms with Crippen molar-refractivity contribution in [1.82, 2.24) is 15.4 Å². The summed E-state index contributed by atoms with van der Waals surface area (Å²) in [5, 5.41) is 4.54. The van der Waals surface area contributed by atoms with E-state index in [0.717, 1.165) is 17.0 Å². The molecule has 1 aromatic carbocycles. The van der Waals surface area contributed by atoms with Gasteiger partial charge in [-0.3, -0.25) is 4.79 Å². The fourth-order valence-corrected chi connectivity index (χ4v) is 2.95. The van der Waals surface area contributed by atoms with Crippen LogP contribution in [0.25, 0.3) is 0 Å². The van der Waals surface area contributed by atoms with E-state index < -0.39 is 0 Å². The molecule has 1 aromatic heterocycles. The van der Waals surface area contributed by atoms with Crippen LogP contribution in [0.3, 0.4) is 0 Å². The van der Waals surface area contributed by atoms with Crippen molar-refractivity contribution in [3.05, 3.63) is 41.2 Å². The number of amides is 1. The lowest BCUT2D eigenvalue weighted by molar-refractivity contribution is -0.118. The van der Waals surface area contributed by atoms with Gasteiger partial charge < -0.3 is 9.47 Å². The molecule has 0 aliphatic carbocycles. The Hall–Kier alpha value is -3.05. The van der Waals surface area contributed by atoms with Gasteiger partial charge in [0.15, 0.2) is 16.7 Å². The van der Waals surface area contributed by atoms with Crippen molar-refractivity contribution >= 4 is 23.9 Å². The second kappa shape index (κ2) is 10.9. The summed E-state index contributed by atoms with van der Waals surface area (Å²) in [6.07, 6.45) is 6.75. The van der Waals surface area contributed by atoms with Gasteiger partial charge in [-0.25, -0.2) is 15.4 Å². The van der Waals surface area contributed by atoms with E-state index in [-0.39, 0.29) is 18.3 Å². The van der Waals surface area contributed by atoms with Crippen LogP contribution in [0.2, 0.25) is 0 Å². The Labute approximate surface area is 169 Å². The standard InChI is InChI=1S/C20H22N4O3S/c1-5-9-27-17-8-7-16(11-18(17)26-6-2)12-21-24-19(25)13-28-20-22-14(3)10-15(4)23-20/h1,7-8,10-12H,6,9,13H2,2-4H3,(H,24,25)/b21-12-. The third-order valence-electron chi connectivity index (χ3n) is 3.28. The van der Waals surface area contributed by atoms with Crippen molar-refractivity contribution in [2.45, 2.75) is 25.9 Å². The van der Waals surface area contributed by atoms with Crippen LogP contribution < -0.4 is 14.9 Å². The number of hydrogen-bond donors (Lipinski definition) is 1. The molecule has 1 amide bonds. The van der Waals surface area contributed by atoms with E-state index in [1.165, 1.54) is 18.0 Å². The highest BCUT2D eigenvalue weighted by atomic mass is 32.2. The van der Waals surface area contributed by atoms with Crippen LogP contribution in [0.5, 0.6) is 11.5 Å². The highest BCUT2D eigenvalue weighted by molar-refractivity contribution is 7.99. The average Bonchev–Trinajstić information content (AvgIpc) is 2.65. The molecule has 0 saturated heterocycles. The van der Waals surface area contributed by atoms with Crippen molar-refractivity contribution in [3.63, 3.8) is 0 Å². The first-order valence-electron chi connectivity index (χ1n) is 8.62. The van der Waals surface area contributed by atoms with Crippen molar-refractivity contribution in [2.75, 3.05) is 19.0 Å². The molecule has 0 aliphatic rings. The predicted molar refractivity (Wildman–Crippen MR) is 110 cm³/mol. The lowest BCUT2D eigenvalue weighted by Crippen LogP contribution is -2.19. The second-order valence-corrected chi connectivity index (χ2v) is 6.59. The molecule has 0 atom stereocenters. The summed E-state index contributed by atoms with van der Waals surface area (Å²) < 4.78 is 11.0. The van der Waals surface area contributed by atoms with Gasteiger partial charge in [-0.2, -0.15) is 5.10 Å². The van der Waals surface area contributed by atoms with Crippen LogP contribution in [0.4, 0.5) is 0 Å². The van der Waals surface area contributed by atoms with Gasteiger partial charge in [0.2, 0.25) is 0 Å². The van der Waals surface area contributed by atoms with Gasteiger partial charge in [0.05, 0.1) is 18.6 Å². The number of aromatic nitrogens is 2. The third kappa shape index (κ3) is 6.93. The fourth-order valence-electron chi connectivity index (χ4n) is 2.21. The molecule has 28 heavy (non-hydrogen) atoms. The van der Waals surface area contributed by atoms with Crippen molar-refractivity contribution in [1.29, 1.82) is 0 Å². The topological polar surface area (TPSA) is 85.7 Å². The van der Waals surface area contributed by atoms with Crippen LogP contribution in [0.15, 0.2) is 34.5 Å². The maximum Gasteiger partial charge on any atom is 0.250 e. The maximum atomic E-state index is 12.0. The number of rotatable bonds is 9. The first kappa shape index (κ1) is 21.3. The number of hydrazone groups is 1. The molecule has 2 rings (SSSR count). The van der Waals surface area contributed by atoms with E-state index in [1.807, 2.05) is 26.8 Å². The Morgan fingerprint density at radius 2 is 2.00 bits per heavy atom. The number of nitrogens with zero attached hydrogens (tertiary/aromatic N) is 3. The molecule has 2 aromatic rings. The zero-order chi connectivity index (χ0) is 20.4. The van der Waals surface area contributed by atoms with Crippen LogP contribution in [0, 0.1) is 26.2 Å². The predicted octanol–water partition coefficient (Wildman–Crippen LogP) is 2.75. The quantitative estimate of drug-likeness (QED) is 0.230. The Morgan fingerprint density at radius 1 is 1.25 bits per heavy atom. The molecular formula is C20H22N4O3S. The van der Waals surface area contributed by atoms with Gasteiger partial charge >= 0.3 is 0 Å². The largest absolute Gasteiger partial charge is 0.490 e. The molecule has 0 bridgehead atoms. The zero-order valence-corrected chi connectivity index (χ0v) is 16.9. The number of carbonyl (C=O) groups is 1. The summed E-state index contributed by atoms with van der Waals surface area (Å²) in [6, 6.07) is 7.19. The number of hydrogen-bond acceptors (Lipinski definition) is 7. The lowest BCUT2D eigenvalue weighted by atomic mass is 10.2. The Morgan fingerprint density at radius 3 is 2.68 bits per heavy atom. The fraction of sp³-hybridized carbons (Fsp3) is 0.300. The Balaban J connectivity index is 1.91. The minimum Gasteiger partial charge on any atom is -0.490 e. The number of benzene rings is 1. The summed E-state index contributed by atoms with van der Waals surface area (Å²) in [7, 11) is 0. The molecule has 0 aliphatic heterocycles. The van der Waals surface area contributed by atoms with Crippen molar-refractivity contribution in [2.24, 2.45) is 5.10 Å². The number of carbonyl (C=O) groups excluding carboxylic acids is 1. The Kier molecular flexibility index (Phi) is 8.31. The molecule has 146 valence electrons. The van der Waals surface area contributed by atoms with Gasteiger partial charge in [-0.05, 0) is 50.6 Å². The van der Waals surface area contributed by atoms with E-state index in [4.69, 9.17) is 15.9 Å². The number of nitrogens with one attached hydrogen (secondary N) is 1. The smallest absolute Gasteiger partial charge is 0.250 e. The van der Waals surface area contributed by atoms with E-state index in [0.29, 0.717) is 23.3 Å². The number of aryl methyl sites for hydroxylation is 2. The highest BCUT2D eigenvalue weighted by Gasteiger charge is 2.07. The molecule has 0 fully saturated rings. The maximum absolute atomic E-state index is 12.0. The molecular weight excluding hydrogens is 376 g/mol. The highest BCUT2D eigenvalue weighted by Crippen LogP contribution is 2.28. The number of thioether (sulfide) groups is 1. The molecule has 0 unspecified atom stereocenters. The van der Waals surface area contributed by atoms with E-state index >= 15 is 0 Å². The normalized spacial score (nSPS) is 10.5. The third-order valence-corrected chi connectivity index (χ3v) is 4.12. The van der Waals surface area contributed by atoms with Crippen LogP contribution >= 0.6 is 11.8 Å². The van der Waals surface area contributed by atoms with Crippen LogP contribution in [-0.4, -0.2) is 41.1 Å². The second-order valence-electron chi connectivity index (χ2n) is 5.65. The summed E-state index contributed by atoms with van der Waals surface area (Å²) >= 11 is 1.26. The Bertz CT molecular complexity index is 873. The molecule has 0 radical (unpaired) electrons. The molecule has 0 saturated carbocycles. The molecule has 8 heteroatoms. The van der Waals surface area contributed by atoms with Crippen molar-refractivity contribution in [3.8, 4) is 23.8 Å². The number of terminal acetylenes is 1. The molecule has 1 N–H and O–H groups in total. The van der Waals surface area contributed by atoms with Crippen LogP contribution in [0.1, 0.15) is 23.9 Å². The summed E-state index contributed by atoms with van der Waals surface area (Å²) in [6.45, 7) is 6.31. The first-order valence-corrected chi connectivity index (χ1v) is 9.60. The van der Waals surface area contributed by atoms with E-state index in [2.05, 4.69) is 26.4 Å². The van der Waals surface area contributed by atoms with Crippen molar-refractivity contribution < 1.29 is 14.3 Å². The zero-order valence-electron chi connectivity index (χ0n) is 16.1. The number of ether oxygens (including phenoxy) is 2. The monoisotopic (exact) mass is 398 g/mol. The first-order chi connectivity index (χ1) is 13.5. The molecule has 7 nitrogen and oxygen atoms in total. The summed E-state index contributed by atoms with van der Waals surface area (Å²) in [4.78, 5) is 20.5. The molecule has 0 spiro atoms. The van der Waals surface area contributed by atoms with Crippen LogP contribution in [-0.2, 0) is 4.79 Å². The SMILES string of the molecule is C#CCOc1ccc(/C=N\NC(=O)CSc2nc(C)cc(C)n2)cc1OCC. The minimum absolute atomic E-state index is 0.158. The lowest BCUT2D eigenvalue weighted by Gasteiger charge is -2.10. The molecule has 1 heterocycles. The average molecular weight is 398 g/mol.